The molecule has 1 aliphatic heterocycles. The molecule has 112 valence electrons. The highest BCUT2D eigenvalue weighted by Crippen LogP contribution is 2.14. The second-order valence-electron chi connectivity index (χ2n) is 5.52. The topological polar surface area (TPSA) is 61.6 Å². The Morgan fingerprint density at radius 2 is 2.45 bits per heavy atom. The molecule has 1 aromatic heterocycles. The highest BCUT2D eigenvalue weighted by Gasteiger charge is 2.22. The monoisotopic (exact) mass is 280 g/mol. The molecule has 20 heavy (non-hydrogen) atoms. The maximum Gasteiger partial charge on any atom is 0.317 e. The Hall–Kier alpha value is -1.56. The van der Waals surface area contributed by atoms with Gasteiger partial charge in [-0.05, 0) is 32.4 Å². The molecule has 0 spiro atoms. The summed E-state index contributed by atoms with van der Waals surface area (Å²) in [4.78, 5) is 16.0. The average molecular weight is 280 g/mol. The van der Waals surface area contributed by atoms with E-state index in [9.17, 15) is 4.79 Å². The third kappa shape index (κ3) is 3.96. The number of carbonyl (C=O) groups excluding carboxylic acids is 1. The first-order chi connectivity index (χ1) is 9.58. The van der Waals surface area contributed by atoms with Crippen molar-refractivity contribution in [2.24, 2.45) is 5.92 Å². The predicted octanol–water partition coefficient (Wildman–Crippen LogP) is 1.47. The van der Waals surface area contributed by atoms with Gasteiger partial charge in [0.1, 0.15) is 11.5 Å². The molecule has 1 aromatic rings. The van der Waals surface area contributed by atoms with Crippen LogP contribution in [0.15, 0.2) is 10.6 Å². The van der Waals surface area contributed by atoms with Crippen LogP contribution >= 0.6 is 0 Å². The van der Waals surface area contributed by atoms with E-state index in [0.717, 1.165) is 37.6 Å². The minimum Gasteiger partial charge on any atom is -0.361 e. The molecule has 2 rings (SSSR count). The first-order valence-corrected chi connectivity index (χ1v) is 7.22. The Kier molecular flexibility index (Phi) is 5.00. The van der Waals surface area contributed by atoms with Crippen molar-refractivity contribution in [3.05, 3.63) is 17.5 Å². The molecule has 0 saturated carbocycles. The quantitative estimate of drug-likeness (QED) is 0.887. The number of carbonyl (C=O) groups is 1. The summed E-state index contributed by atoms with van der Waals surface area (Å²) in [5.41, 5.74) is 0.776. The van der Waals surface area contributed by atoms with E-state index in [1.807, 2.05) is 13.0 Å². The fourth-order valence-electron chi connectivity index (χ4n) is 2.54. The van der Waals surface area contributed by atoms with E-state index in [1.165, 1.54) is 6.42 Å². The lowest BCUT2D eigenvalue weighted by atomic mass is 10.1. The van der Waals surface area contributed by atoms with Gasteiger partial charge in [0.05, 0.1) is 6.54 Å². The number of hydrogen-bond acceptors (Lipinski definition) is 4. The zero-order chi connectivity index (χ0) is 14.5. The van der Waals surface area contributed by atoms with Crippen LogP contribution in [0, 0.1) is 12.8 Å². The second-order valence-corrected chi connectivity index (χ2v) is 5.52. The number of nitrogens with one attached hydrogen (secondary N) is 1. The molecule has 1 atom stereocenters. The molecular formula is C14H24N4O2. The van der Waals surface area contributed by atoms with E-state index in [0.29, 0.717) is 12.5 Å². The Morgan fingerprint density at radius 1 is 1.65 bits per heavy atom. The summed E-state index contributed by atoms with van der Waals surface area (Å²) in [5.74, 6) is 1.33. The molecule has 1 saturated heterocycles. The van der Waals surface area contributed by atoms with E-state index in [4.69, 9.17) is 4.52 Å². The number of amides is 2. The molecule has 1 fully saturated rings. The van der Waals surface area contributed by atoms with E-state index in [-0.39, 0.29) is 6.03 Å². The van der Waals surface area contributed by atoms with Crippen LogP contribution in [0.5, 0.6) is 0 Å². The van der Waals surface area contributed by atoms with Gasteiger partial charge in [-0.25, -0.2) is 4.79 Å². The zero-order valence-corrected chi connectivity index (χ0v) is 12.6. The SMILES string of the molecule is CCN1CCC(CNC(=O)N(C)Cc2cc(C)on2)C1. The summed E-state index contributed by atoms with van der Waals surface area (Å²) in [6.45, 7) is 8.56. The van der Waals surface area contributed by atoms with Crippen molar-refractivity contribution in [1.82, 2.24) is 20.3 Å². The maximum atomic E-state index is 12.0. The van der Waals surface area contributed by atoms with E-state index in [2.05, 4.69) is 22.3 Å². The van der Waals surface area contributed by atoms with Crippen LogP contribution in [-0.4, -0.2) is 54.2 Å². The number of aromatic nitrogens is 1. The number of aryl methyl sites for hydroxylation is 1. The fourth-order valence-corrected chi connectivity index (χ4v) is 2.54. The van der Waals surface area contributed by atoms with Crippen molar-refractivity contribution in [3.63, 3.8) is 0 Å². The molecule has 1 unspecified atom stereocenters. The van der Waals surface area contributed by atoms with Crippen molar-refractivity contribution in [2.75, 3.05) is 33.2 Å². The van der Waals surface area contributed by atoms with Gasteiger partial charge < -0.3 is 19.6 Å². The van der Waals surface area contributed by atoms with Crippen LogP contribution in [-0.2, 0) is 6.54 Å². The van der Waals surface area contributed by atoms with Crippen LogP contribution in [0.1, 0.15) is 24.8 Å². The molecule has 1 N–H and O–H groups in total. The highest BCUT2D eigenvalue weighted by molar-refractivity contribution is 5.73. The highest BCUT2D eigenvalue weighted by atomic mass is 16.5. The number of likely N-dealkylation sites (tertiary alicyclic amines) is 1. The van der Waals surface area contributed by atoms with Crippen LogP contribution < -0.4 is 5.32 Å². The molecule has 2 heterocycles. The number of hydrogen-bond donors (Lipinski definition) is 1. The van der Waals surface area contributed by atoms with Crippen LogP contribution in [0.25, 0.3) is 0 Å². The molecule has 0 aromatic carbocycles. The summed E-state index contributed by atoms with van der Waals surface area (Å²) in [7, 11) is 1.77. The lowest BCUT2D eigenvalue weighted by Crippen LogP contribution is -2.39. The molecular weight excluding hydrogens is 256 g/mol. The van der Waals surface area contributed by atoms with Crippen LogP contribution in [0.2, 0.25) is 0 Å². The molecule has 6 heteroatoms. The first-order valence-electron chi connectivity index (χ1n) is 7.22. The molecule has 1 aliphatic rings. The van der Waals surface area contributed by atoms with Gasteiger partial charge in [-0.15, -0.1) is 0 Å². The van der Waals surface area contributed by atoms with Crippen LogP contribution in [0.4, 0.5) is 4.79 Å². The van der Waals surface area contributed by atoms with Gasteiger partial charge in [-0.2, -0.15) is 0 Å². The van der Waals surface area contributed by atoms with Crippen molar-refractivity contribution in [1.29, 1.82) is 0 Å². The average Bonchev–Trinajstić information content (AvgIpc) is 3.04. The number of nitrogens with zero attached hydrogens (tertiary/aromatic N) is 3. The number of rotatable bonds is 5. The van der Waals surface area contributed by atoms with Crippen LogP contribution in [0.3, 0.4) is 0 Å². The molecule has 2 amide bonds. The van der Waals surface area contributed by atoms with Crippen molar-refractivity contribution in [3.8, 4) is 0 Å². The predicted molar refractivity (Wildman–Crippen MR) is 76.3 cm³/mol. The second kappa shape index (κ2) is 6.74. The molecule has 6 nitrogen and oxygen atoms in total. The Labute approximate surface area is 120 Å². The minimum absolute atomic E-state index is 0.0550. The van der Waals surface area contributed by atoms with E-state index < -0.39 is 0 Å². The Balaban J connectivity index is 1.71. The van der Waals surface area contributed by atoms with Gasteiger partial charge in [0.15, 0.2) is 0 Å². The maximum absolute atomic E-state index is 12.0. The van der Waals surface area contributed by atoms with Gasteiger partial charge in [0.2, 0.25) is 0 Å². The van der Waals surface area contributed by atoms with Crippen molar-refractivity contribution < 1.29 is 9.32 Å². The molecule has 0 bridgehead atoms. The molecule has 0 aliphatic carbocycles. The zero-order valence-electron chi connectivity index (χ0n) is 12.6. The third-order valence-corrected chi connectivity index (χ3v) is 3.78. The normalized spacial score (nSPS) is 19.2. The Morgan fingerprint density at radius 3 is 3.05 bits per heavy atom. The summed E-state index contributed by atoms with van der Waals surface area (Å²) in [6.07, 6.45) is 1.17. The van der Waals surface area contributed by atoms with Gasteiger partial charge in [-0.1, -0.05) is 12.1 Å². The number of urea groups is 1. The van der Waals surface area contributed by atoms with Gasteiger partial charge in [-0.3, -0.25) is 0 Å². The van der Waals surface area contributed by atoms with Gasteiger partial charge in [0, 0.05) is 26.2 Å². The summed E-state index contributed by atoms with van der Waals surface area (Å²) >= 11 is 0. The first kappa shape index (κ1) is 14.8. The van der Waals surface area contributed by atoms with Crippen molar-refractivity contribution >= 4 is 6.03 Å². The van der Waals surface area contributed by atoms with Gasteiger partial charge >= 0.3 is 6.03 Å². The summed E-state index contributed by atoms with van der Waals surface area (Å²) in [5, 5.41) is 6.89. The summed E-state index contributed by atoms with van der Waals surface area (Å²) < 4.78 is 5.00. The minimum atomic E-state index is -0.0550. The molecule has 0 radical (unpaired) electrons. The third-order valence-electron chi connectivity index (χ3n) is 3.78. The van der Waals surface area contributed by atoms with E-state index in [1.54, 1.807) is 11.9 Å². The lowest BCUT2D eigenvalue weighted by Gasteiger charge is -2.18. The standard InChI is InChI=1S/C14H24N4O2/c1-4-18-6-5-12(9-18)8-15-14(19)17(3)10-13-7-11(2)20-16-13/h7,12H,4-6,8-10H2,1-3H3,(H,15,19). The largest absolute Gasteiger partial charge is 0.361 e. The van der Waals surface area contributed by atoms with Gasteiger partial charge in [0.25, 0.3) is 0 Å². The Bertz CT molecular complexity index is 446. The van der Waals surface area contributed by atoms with Crippen molar-refractivity contribution in [2.45, 2.75) is 26.8 Å². The van der Waals surface area contributed by atoms with E-state index >= 15 is 0 Å². The lowest BCUT2D eigenvalue weighted by molar-refractivity contribution is 0.203. The smallest absolute Gasteiger partial charge is 0.317 e. The fraction of sp³-hybridized carbons (Fsp3) is 0.714. The summed E-state index contributed by atoms with van der Waals surface area (Å²) in [6, 6.07) is 1.79.